The van der Waals surface area contributed by atoms with E-state index in [1.54, 1.807) is 23.9 Å². The number of hydrogen-bond donors (Lipinski definition) is 1. The molecule has 0 amide bonds. The third-order valence-corrected chi connectivity index (χ3v) is 3.03. The lowest BCUT2D eigenvalue weighted by Gasteiger charge is -2.03. The molecule has 0 saturated carbocycles. The molecule has 17 heavy (non-hydrogen) atoms. The van der Waals surface area contributed by atoms with Crippen LogP contribution in [-0.2, 0) is 13.5 Å². The van der Waals surface area contributed by atoms with E-state index in [1.807, 2.05) is 6.07 Å². The first kappa shape index (κ1) is 12.3. The van der Waals surface area contributed by atoms with Gasteiger partial charge in [0.05, 0.1) is 11.4 Å². The molecule has 0 aliphatic heterocycles. The Hall–Kier alpha value is -1.20. The summed E-state index contributed by atoms with van der Waals surface area (Å²) in [5, 5.41) is 4.30. The second kappa shape index (κ2) is 4.98. The van der Waals surface area contributed by atoms with Crippen LogP contribution in [0.3, 0.4) is 0 Å². The summed E-state index contributed by atoms with van der Waals surface area (Å²) in [7, 11) is 1.80. The fourth-order valence-corrected chi connectivity index (χ4v) is 2.10. The third-order valence-electron chi connectivity index (χ3n) is 2.54. The summed E-state index contributed by atoms with van der Waals surface area (Å²) in [4.78, 5) is 0. The highest BCUT2D eigenvalue weighted by molar-refractivity contribution is 9.10. The number of hydrogen-bond acceptors (Lipinski definition) is 2. The van der Waals surface area contributed by atoms with Crippen LogP contribution in [0.4, 0.5) is 4.39 Å². The maximum absolute atomic E-state index is 13.7. The fourth-order valence-electron chi connectivity index (χ4n) is 1.74. The van der Waals surface area contributed by atoms with Crippen LogP contribution in [0, 0.1) is 5.82 Å². The average molecular weight is 298 g/mol. The molecule has 1 aromatic carbocycles. The van der Waals surface area contributed by atoms with E-state index in [2.05, 4.69) is 21.0 Å². The van der Waals surface area contributed by atoms with Gasteiger partial charge in [0.15, 0.2) is 0 Å². The van der Waals surface area contributed by atoms with E-state index in [4.69, 9.17) is 5.73 Å². The van der Waals surface area contributed by atoms with E-state index in [0.29, 0.717) is 18.5 Å². The standard InChI is InChI=1S/C12H13BrFN3/c1-17-12(7-9(16-17)4-5-15)10-6-8(13)2-3-11(10)14/h2-3,6-7H,4-5,15H2,1H3. The van der Waals surface area contributed by atoms with E-state index < -0.39 is 0 Å². The van der Waals surface area contributed by atoms with Crippen LogP contribution in [0.15, 0.2) is 28.7 Å². The van der Waals surface area contributed by atoms with Crippen LogP contribution in [-0.4, -0.2) is 16.3 Å². The zero-order chi connectivity index (χ0) is 12.4. The van der Waals surface area contributed by atoms with Gasteiger partial charge in [0.2, 0.25) is 0 Å². The minimum atomic E-state index is -0.254. The molecular weight excluding hydrogens is 285 g/mol. The van der Waals surface area contributed by atoms with Gasteiger partial charge in [-0.15, -0.1) is 0 Å². The molecule has 2 N–H and O–H groups in total. The number of halogens is 2. The van der Waals surface area contributed by atoms with Gasteiger partial charge >= 0.3 is 0 Å². The molecule has 0 aliphatic rings. The van der Waals surface area contributed by atoms with Crippen molar-refractivity contribution in [1.29, 1.82) is 0 Å². The Morgan fingerprint density at radius 2 is 2.18 bits per heavy atom. The molecule has 1 heterocycles. The molecule has 3 nitrogen and oxygen atoms in total. The van der Waals surface area contributed by atoms with Gasteiger partial charge in [-0.05, 0) is 30.8 Å². The summed E-state index contributed by atoms with van der Waals surface area (Å²) in [6, 6.07) is 6.74. The Morgan fingerprint density at radius 3 is 2.88 bits per heavy atom. The first-order valence-corrected chi connectivity index (χ1v) is 6.09. The molecule has 0 saturated heterocycles. The number of rotatable bonds is 3. The monoisotopic (exact) mass is 297 g/mol. The molecular formula is C12H13BrFN3. The fraction of sp³-hybridized carbons (Fsp3) is 0.250. The summed E-state index contributed by atoms with van der Waals surface area (Å²) in [5.74, 6) is -0.254. The van der Waals surface area contributed by atoms with Crippen molar-refractivity contribution in [3.8, 4) is 11.3 Å². The molecule has 0 radical (unpaired) electrons. The third kappa shape index (κ3) is 2.56. The van der Waals surface area contributed by atoms with Crippen LogP contribution >= 0.6 is 15.9 Å². The molecule has 0 atom stereocenters. The number of benzene rings is 1. The lowest BCUT2D eigenvalue weighted by Crippen LogP contribution is -2.03. The predicted octanol–water partition coefficient (Wildman–Crippen LogP) is 2.49. The van der Waals surface area contributed by atoms with Crippen LogP contribution in [0.25, 0.3) is 11.3 Å². The summed E-state index contributed by atoms with van der Waals surface area (Å²) in [6.07, 6.45) is 0.698. The van der Waals surface area contributed by atoms with Gasteiger partial charge in [0.1, 0.15) is 5.82 Å². The maximum atomic E-state index is 13.7. The van der Waals surface area contributed by atoms with E-state index in [-0.39, 0.29) is 5.82 Å². The largest absolute Gasteiger partial charge is 0.330 e. The molecule has 90 valence electrons. The summed E-state index contributed by atoms with van der Waals surface area (Å²) < 4.78 is 16.3. The highest BCUT2D eigenvalue weighted by Crippen LogP contribution is 2.26. The summed E-state index contributed by atoms with van der Waals surface area (Å²) in [5.41, 5.74) is 7.66. The number of aryl methyl sites for hydroxylation is 1. The predicted molar refractivity (Wildman–Crippen MR) is 69.1 cm³/mol. The van der Waals surface area contributed by atoms with Crippen molar-refractivity contribution in [1.82, 2.24) is 9.78 Å². The Kier molecular flexibility index (Phi) is 3.59. The van der Waals surface area contributed by atoms with Gasteiger partial charge in [-0.2, -0.15) is 5.10 Å². The van der Waals surface area contributed by atoms with E-state index >= 15 is 0 Å². The summed E-state index contributed by atoms with van der Waals surface area (Å²) in [6.45, 7) is 0.539. The van der Waals surface area contributed by atoms with Crippen molar-refractivity contribution in [2.24, 2.45) is 12.8 Å². The highest BCUT2D eigenvalue weighted by Gasteiger charge is 2.11. The lowest BCUT2D eigenvalue weighted by molar-refractivity contribution is 0.627. The van der Waals surface area contributed by atoms with E-state index in [1.165, 1.54) is 6.07 Å². The number of aromatic nitrogens is 2. The molecule has 1 aromatic heterocycles. The van der Waals surface area contributed by atoms with Gasteiger partial charge in [-0.25, -0.2) is 4.39 Å². The smallest absolute Gasteiger partial charge is 0.132 e. The average Bonchev–Trinajstić information content (AvgIpc) is 2.64. The maximum Gasteiger partial charge on any atom is 0.132 e. The quantitative estimate of drug-likeness (QED) is 0.946. The molecule has 0 bridgehead atoms. The van der Waals surface area contributed by atoms with Gasteiger partial charge in [0.25, 0.3) is 0 Å². The van der Waals surface area contributed by atoms with Crippen molar-refractivity contribution in [2.75, 3.05) is 6.54 Å². The number of nitrogens with zero attached hydrogens (tertiary/aromatic N) is 2. The Bertz CT molecular complexity index is 537. The highest BCUT2D eigenvalue weighted by atomic mass is 79.9. The molecule has 0 spiro atoms. The minimum Gasteiger partial charge on any atom is -0.330 e. The second-order valence-electron chi connectivity index (χ2n) is 3.81. The van der Waals surface area contributed by atoms with Crippen LogP contribution in [0.5, 0.6) is 0 Å². The van der Waals surface area contributed by atoms with Crippen molar-refractivity contribution in [3.05, 3.63) is 40.2 Å². The summed E-state index contributed by atoms with van der Waals surface area (Å²) >= 11 is 3.34. The van der Waals surface area contributed by atoms with Crippen LogP contribution in [0.2, 0.25) is 0 Å². The van der Waals surface area contributed by atoms with Crippen LogP contribution in [0.1, 0.15) is 5.69 Å². The van der Waals surface area contributed by atoms with Gasteiger partial charge < -0.3 is 5.73 Å². The van der Waals surface area contributed by atoms with Crippen molar-refractivity contribution < 1.29 is 4.39 Å². The van der Waals surface area contributed by atoms with Gasteiger partial charge in [0, 0.05) is 23.5 Å². The first-order valence-electron chi connectivity index (χ1n) is 5.30. The zero-order valence-corrected chi connectivity index (χ0v) is 11.0. The normalized spacial score (nSPS) is 10.8. The molecule has 5 heteroatoms. The number of nitrogens with two attached hydrogens (primary N) is 1. The lowest BCUT2D eigenvalue weighted by atomic mass is 10.1. The zero-order valence-electron chi connectivity index (χ0n) is 9.45. The minimum absolute atomic E-state index is 0.254. The van der Waals surface area contributed by atoms with Crippen molar-refractivity contribution >= 4 is 15.9 Å². The second-order valence-corrected chi connectivity index (χ2v) is 4.72. The Labute approximate surface area is 108 Å². The molecule has 2 rings (SSSR count). The Balaban J connectivity index is 2.48. The molecule has 0 unspecified atom stereocenters. The molecule has 2 aromatic rings. The first-order chi connectivity index (χ1) is 8.11. The molecule has 0 fully saturated rings. The van der Waals surface area contributed by atoms with Crippen molar-refractivity contribution in [3.63, 3.8) is 0 Å². The van der Waals surface area contributed by atoms with Gasteiger partial charge in [-0.1, -0.05) is 15.9 Å². The van der Waals surface area contributed by atoms with Crippen molar-refractivity contribution in [2.45, 2.75) is 6.42 Å². The molecule has 0 aliphatic carbocycles. The van der Waals surface area contributed by atoms with Gasteiger partial charge in [-0.3, -0.25) is 4.68 Å². The Morgan fingerprint density at radius 1 is 1.41 bits per heavy atom. The van der Waals surface area contributed by atoms with E-state index in [9.17, 15) is 4.39 Å². The van der Waals surface area contributed by atoms with Crippen LogP contribution < -0.4 is 5.73 Å². The van der Waals surface area contributed by atoms with E-state index in [0.717, 1.165) is 15.9 Å². The topological polar surface area (TPSA) is 43.8 Å². The SMILES string of the molecule is Cn1nc(CCN)cc1-c1cc(Br)ccc1F.